The number of hydrogen-bond acceptors (Lipinski definition) is 4. The molecule has 0 aliphatic carbocycles. The lowest BCUT2D eigenvalue weighted by Crippen LogP contribution is -2.16. The molecule has 21 heavy (non-hydrogen) atoms. The number of carbonyl (C=O) groups excluding carboxylic acids is 1. The van der Waals surface area contributed by atoms with E-state index in [1.807, 2.05) is 13.8 Å². The van der Waals surface area contributed by atoms with Crippen LogP contribution < -0.4 is 10.1 Å². The van der Waals surface area contributed by atoms with Gasteiger partial charge in [0.2, 0.25) is 0 Å². The van der Waals surface area contributed by atoms with Crippen molar-refractivity contribution >= 4 is 23.2 Å². The molecule has 110 valence electrons. The lowest BCUT2D eigenvalue weighted by molar-refractivity contribution is 0.102. The quantitative estimate of drug-likeness (QED) is 0.938. The van der Waals surface area contributed by atoms with Crippen LogP contribution in [0.25, 0.3) is 0 Å². The zero-order chi connectivity index (χ0) is 15.4. The molecule has 0 aliphatic heterocycles. The highest BCUT2D eigenvalue weighted by Gasteiger charge is 2.15. The molecule has 0 unspecified atom stereocenters. The van der Waals surface area contributed by atoms with Gasteiger partial charge in [0.1, 0.15) is 11.6 Å². The number of ether oxygens (including phenoxy) is 1. The molecular weight excluding hydrogens is 290 g/mol. The molecule has 2 aromatic rings. The van der Waals surface area contributed by atoms with Crippen LogP contribution in [0.3, 0.4) is 0 Å². The van der Waals surface area contributed by atoms with Gasteiger partial charge in [0.25, 0.3) is 5.91 Å². The molecule has 1 aromatic carbocycles. The Balaban J connectivity index is 2.21. The standard InChI is InChI=1S/C15H16ClN3O2/c1-9(2)14-17-8-12(16)13(19-14)15(20)18-10-4-6-11(21-3)7-5-10/h4-9H,1-3H3,(H,18,20). The van der Waals surface area contributed by atoms with E-state index in [4.69, 9.17) is 16.3 Å². The number of nitrogens with zero attached hydrogens (tertiary/aromatic N) is 2. The minimum atomic E-state index is -0.366. The fourth-order valence-electron chi connectivity index (χ4n) is 1.68. The van der Waals surface area contributed by atoms with Gasteiger partial charge in [-0.2, -0.15) is 0 Å². The number of nitrogens with one attached hydrogen (secondary N) is 1. The molecule has 2 rings (SSSR count). The van der Waals surface area contributed by atoms with E-state index in [0.717, 1.165) is 5.75 Å². The zero-order valence-corrected chi connectivity index (χ0v) is 12.8. The third-order valence-electron chi connectivity index (χ3n) is 2.84. The summed E-state index contributed by atoms with van der Waals surface area (Å²) in [6, 6.07) is 7.01. The highest BCUT2D eigenvalue weighted by molar-refractivity contribution is 6.33. The van der Waals surface area contributed by atoms with E-state index >= 15 is 0 Å². The summed E-state index contributed by atoms with van der Waals surface area (Å²) in [5.74, 6) is 1.05. The minimum absolute atomic E-state index is 0.120. The lowest BCUT2D eigenvalue weighted by Gasteiger charge is -2.09. The number of rotatable bonds is 4. The van der Waals surface area contributed by atoms with Crippen LogP contribution >= 0.6 is 11.6 Å². The molecule has 0 atom stereocenters. The van der Waals surface area contributed by atoms with Crippen LogP contribution in [0.2, 0.25) is 5.02 Å². The van der Waals surface area contributed by atoms with Crippen molar-refractivity contribution in [3.63, 3.8) is 0 Å². The third-order valence-corrected chi connectivity index (χ3v) is 3.12. The zero-order valence-electron chi connectivity index (χ0n) is 12.1. The molecule has 0 fully saturated rings. The predicted molar refractivity (Wildman–Crippen MR) is 82.1 cm³/mol. The van der Waals surface area contributed by atoms with E-state index in [0.29, 0.717) is 11.5 Å². The smallest absolute Gasteiger partial charge is 0.275 e. The maximum Gasteiger partial charge on any atom is 0.275 e. The van der Waals surface area contributed by atoms with Crippen molar-refractivity contribution in [2.24, 2.45) is 0 Å². The van der Waals surface area contributed by atoms with Crippen LogP contribution in [0.4, 0.5) is 5.69 Å². The van der Waals surface area contributed by atoms with Crippen LogP contribution in [-0.4, -0.2) is 23.0 Å². The molecule has 0 aliphatic rings. The summed E-state index contributed by atoms with van der Waals surface area (Å²) in [5.41, 5.74) is 0.813. The van der Waals surface area contributed by atoms with Gasteiger partial charge in [-0.1, -0.05) is 25.4 Å². The molecule has 1 N–H and O–H groups in total. The molecule has 5 nitrogen and oxygen atoms in total. The maximum atomic E-state index is 12.2. The number of benzene rings is 1. The van der Waals surface area contributed by atoms with Gasteiger partial charge in [-0.05, 0) is 24.3 Å². The Morgan fingerprint density at radius 3 is 2.52 bits per heavy atom. The summed E-state index contributed by atoms with van der Waals surface area (Å²) in [6.45, 7) is 3.91. The number of amides is 1. The monoisotopic (exact) mass is 305 g/mol. The van der Waals surface area contributed by atoms with Crippen molar-refractivity contribution in [3.05, 3.63) is 47.0 Å². The molecule has 0 saturated carbocycles. The van der Waals surface area contributed by atoms with Gasteiger partial charge in [0, 0.05) is 11.6 Å². The van der Waals surface area contributed by atoms with Crippen LogP contribution in [0.15, 0.2) is 30.5 Å². The van der Waals surface area contributed by atoms with Crippen LogP contribution in [0.1, 0.15) is 36.1 Å². The van der Waals surface area contributed by atoms with Gasteiger partial charge >= 0.3 is 0 Å². The Labute approximate surface area is 128 Å². The van der Waals surface area contributed by atoms with Crippen molar-refractivity contribution < 1.29 is 9.53 Å². The highest BCUT2D eigenvalue weighted by Crippen LogP contribution is 2.19. The van der Waals surface area contributed by atoms with Crippen molar-refractivity contribution in [1.29, 1.82) is 0 Å². The van der Waals surface area contributed by atoms with Crippen LogP contribution in [0, 0.1) is 0 Å². The number of aromatic nitrogens is 2. The van der Waals surface area contributed by atoms with E-state index in [1.54, 1.807) is 31.4 Å². The van der Waals surface area contributed by atoms with E-state index in [9.17, 15) is 4.79 Å². The van der Waals surface area contributed by atoms with E-state index in [2.05, 4.69) is 15.3 Å². The number of halogens is 1. The average molecular weight is 306 g/mol. The van der Waals surface area contributed by atoms with Gasteiger partial charge in [-0.3, -0.25) is 4.79 Å². The molecule has 1 heterocycles. The number of hydrogen-bond donors (Lipinski definition) is 1. The number of methoxy groups -OCH3 is 1. The Kier molecular flexibility index (Phi) is 4.75. The van der Waals surface area contributed by atoms with Gasteiger partial charge in [0.15, 0.2) is 5.69 Å². The van der Waals surface area contributed by atoms with E-state index in [-0.39, 0.29) is 22.5 Å². The second-order valence-electron chi connectivity index (χ2n) is 4.76. The predicted octanol–water partition coefficient (Wildman–Crippen LogP) is 3.51. The first-order chi connectivity index (χ1) is 10.0. The molecule has 1 amide bonds. The molecule has 0 radical (unpaired) electrons. The molecule has 0 spiro atoms. The normalized spacial score (nSPS) is 10.5. The molecule has 0 bridgehead atoms. The largest absolute Gasteiger partial charge is 0.497 e. The van der Waals surface area contributed by atoms with Gasteiger partial charge in [-0.25, -0.2) is 9.97 Å². The lowest BCUT2D eigenvalue weighted by atomic mass is 10.2. The first-order valence-corrected chi connectivity index (χ1v) is 6.87. The number of anilines is 1. The topological polar surface area (TPSA) is 64.1 Å². The van der Waals surface area contributed by atoms with Gasteiger partial charge in [-0.15, -0.1) is 0 Å². The van der Waals surface area contributed by atoms with Gasteiger partial charge in [0.05, 0.1) is 18.3 Å². The minimum Gasteiger partial charge on any atom is -0.497 e. The van der Waals surface area contributed by atoms with Crippen molar-refractivity contribution in [3.8, 4) is 5.75 Å². The summed E-state index contributed by atoms with van der Waals surface area (Å²) in [6.07, 6.45) is 1.45. The summed E-state index contributed by atoms with van der Waals surface area (Å²) in [5, 5.41) is 2.97. The van der Waals surface area contributed by atoms with E-state index < -0.39 is 0 Å². The van der Waals surface area contributed by atoms with Crippen molar-refractivity contribution in [2.45, 2.75) is 19.8 Å². The maximum absolute atomic E-state index is 12.2. The van der Waals surface area contributed by atoms with Gasteiger partial charge < -0.3 is 10.1 Å². The number of carbonyl (C=O) groups is 1. The molecule has 6 heteroatoms. The first kappa shape index (κ1) is 15.3. The van der Waals surface area contributed by atoms with E-state index in [1.165, 1.54) is 6.20 Å². The molecule has 0 saturated heterocycles. The summed E-state index contributed by atoms with van der Waals surface area (Å²) in [7, 11) is 1.59. The van der Waals surface area contributed by atoms with Crippen molar-refractivity contribution in [1.82, 2.24) is 9.97 Å². The third kappa shape index (κ3) is 3.70. The second kappa shape index (κ2) is 6.54. The SMILES string of the molecule is COc1ccc(NC(=O)c2nc(C(C)C)ncc2Cl)cc1. The summed E-state index contributed by atoms with van der Waals surface area (Å²) in [4.78, 5) is 20.6. The summed E-state index contributed by atoms with van der Waals surface area (Å²) < 4.78 is 5.07. The fourth-order valence-corrected chi connectivity index (χ4v) is 1.86. The van der Waals surface area contributed by atoms with Crippen LogP contribution in [-0.2, 0) is 0 Å². The summed E-state index contributed by atoms with van der Waals surface area (Å²) >= 11 is 6.00. The fraction of sp³-hybridized carbons (Fsp3) is 0.267. The molecular formula is C15H16ClN3O2. The highest BCUT2D eigenvalue weighted by atomic mass is 35.5. The Morgan fingerprint density at radius 2 is 1.95 bits per heavy atom. The average Bonchev–Trinajstić information content (AvgIpc) is 2.48. The molecule has 1 aromatic heterocycles. The van der Waals surface area contributed by atoms with Crippen molar-refractivity contribution in [2.75, 3.05) is 12.4 Å². The second-order valence-corrected chi connectivity index (χ2v) is 5.17. The Hall–Kier alpha value is -2.14. The Bertz CT molecular complexity index is 642. The van der Waals surface area contributed by atoms with Crippen LogP contribution in [0.5, 0.6) is 5.75 Å². The first-order valence-electron chi connectivity index (χ1n) is 6.49. The Morgan fingerprint density at radius 1 is 1.29 bits per heavy atom.